The Morgan fingerprint density at radius 3 is 1.33 bits per heavy atom. The fourth-order valence-electron chi connectivity index (χ4n) is 18.3. The molecule has 3 spiro atoms. The number of fused-ring (bicyclic) bond motifs is 6. The Kier molecular flexibility index (Phi) is 14.8. The zero-order valence-electron chi connectivity index (χ0n) is 47.0. The first-order valence-corrected chi connectivity index (χ1v) is 29.9. The van der Waals surface area contributed by atoms with Gasteiger partial charge < -0.3 is 47.9 Å². The number of ether oxygens (including phenoxy) is 9. The van der Waals surface area contributed by atoms with Gasteiger partial charge in [0.05, 0.1) is 44.7 Å². The summed E-state index contributed by atoms with van der Waals surface area (Å²) in [5.74, 6) is 1.03. The Balaban J connectivity index is 0.725. The summed E-state index contributed by atoms with van der Waals surface area (Å²) in [4.78, 5) is 51.1. The van der Waals surface area contributed by atoms with Gasteiger partial charge >= 0.3 is 0 Å². The van der Waals surface area contributed by atoms with E-state index in [-0.39, 0.29) is 85.7 Å². The molecule has 15 aliphatic rings. The molecule has 12 aliphatic heterocycles. The number of carbonyl (C=O) groups excluding carboxylic acids is 1. The quantitative estimate of drug-likeness (QED) is 0.115. The maximum absolute atomic E-state index is 13.3. The highest BCUT2D eigenvalue weighted by Crippen LogP contribution is 2.64. The topological polar surface area (TPSA) is 168 Å². The number of hydrogen-bond acceptors (Lipinski definition) is 16. The first kappa shape index (κ1) is 54.5. The highest BCUT2D eigenvalue weighted by Gasteiger charge is 2.72. The molecule has 24 atom stereocenters. The smallest absolute Gasteiger partial charge is 0.217 e. The van der Waals surface area contributed by atoms with E-state index >= 15 is 0 Å². The summed E-state index contributed by atoms with van der Waals surface area (Å²) in [5.41, 5.74) is -2.78. The van der Waals surface area contributed by atoms with E-state index in [1.165, 1.54) is 0 Å². The highest BCUT2D eigenvalue weighted by atomic mass is 17.3. The number of carbonyl (C=O) groups is 1. The molecule has 75 heavy (non-hydrogen) atoms. The van der Waals surface area contributed by atoms with Crippen LogP contribution in [-0.2, 0) is 76.8 Å². The summed E-state index contributed by atoms with van der Waals surface area (Å²) in [6.45, 7) is 23.6. The van der Waals surface area contributed by atoms with Crippen molar-refractivity contribution in [2.75, 3.05) is 46.2 Å². The molecular formula is C58H93NO16. The van der Waals surface area contributed by atoms with Crippen molar-refractivity contribution < 1.29 is 76.8 Å². The lowest BCUT2D eigenvalue weighted by molar-refractivity contribution is -0.571. The van der Waals surface area contributed by atoms with Gasteiger partial charge in [-0.25, -0.2) is 29.3 Å². The van der Waals surface area contributed by atoms with Crippen LogP contribution in [0.3, 0.4) is 0 Å². The van der Waals surface area contributed by atoms with Gasteiger partial charge in [-0.15, -0.1) is 0 Å². The summed E-state index contributed by atoms with van der Waals surface area (Å²) in [6, 6.07) is 0. The highest BCUT2D eigenvalue weighted by molar-refractivity contribution is 5.73. The summed E-state index contributed by atoms with van der Waals surface area (Å²) in [7, 11) is 0. The Labute approximate surface area is 446 Å². The van der Waals surface area contributed by atoms with E-state index in [9.17, 15) is 4.79 Å². The van der Waals surface area contributed by atoms with E-state index < -0.39 is 52.3 Å². The largest absolute Gasteiger partial charge is 0.379 e. The summed E-state index contributed by atoms with van der Waals surface area (Å²) >= 11 is 0. The van der Waals surface area contributed by atoms with Crippen molar-refractivity contribution >= 4 is 5.91 Å². The van der Waals surface area contributed by atoms with Crippen LogP contribution in [0.2, 0.25) is 0 Å². The molecule has 1 amide bonds. The number of nitrogens with one attached hydrogen (secondary N) is 1. The minimum atomic E-state index is -0.994. The molecule has 3 unspecified atom stereocenters. The van der Waals surface area contributed by atoms with Crippen molar-refractivity contribution in [2.24, 2.45) is 71.0 Å². The van der Waals surface area contributed by atoms with Crippen molar-refractivity contribution in [2.45, 2.75) is 242 Å². The second kappa shape index (κ2) is 20.4. The molecule has 0 aromatic rings. The van der Waals surface area contributed by atoms with E-state index in [1.54, 1.807) is 6.92 Å². The maximum atomic E-state index is 13.3. The Hall–Kier alpha value is -1.13. The molecule has 17 nitrogen and oxygen atoms in total. The van der Waals surface area contributed by atoms with Crippen molar-refractivity contribution in [3.05, 3.63) is 0 Å². The molecule has 3 aliphatic carbocycles. The molecule has 0 aromatic heterocycles. The van der Waals surface area contributed by atoms with Crippen LogP contribution < -0.4 is 5.32 Å². The van der Waals surface area contributed by atoms with Crippen molar-refractivity contribution in [3.63, 3.8) is 0 Å². The van der Waals surface area contributed by atoms with E-state index in [0.29, 0.717) is 81.2 Å². The minimum absolute atomic E-state index is 0.0787. The molecule has 6 bridgehead atoms. The van der Waals surface area contributed by atoms with Gasteiger partial charge in [0.1, 0.15) is 17.2 Å². The number of hydrogen-bond donors (Lipinski definition) is 1. The van der Waals surface area contributed by atoms with Gasteiger partial charge in [-0.3, -0.25) is 4.79 Å². The first-order valence-electron chi connectivity index (χ1n) is 29.9. The van der Waals surface area contributed by atoms with Gasteiger partial charge in [0.2, 0.25) is 17.5 Å². The predicted molar refractivity (Wildman–Crippen MR) is 268 cm³/mol. The SMILES string of the molecule is CC(=O)NC(COCCC1O[C@@H]2O[C@@]3(C)CC[C@H]4[C@H](C)CC[C@@H]([C@H]1C)[C@@]24OO3)(COCCC1O[C@@H]2O[C@@]3(C)CC[C@H]4[C@H](C)CC[C@@H]([C@H]1C)[C@@]24OO3)COCCC1OC[C@@H]2O[C@@]3(C)CC[C@H]4[C@H](C)CC[C@@H]([C@H]1C)[C@@]24OO3. The van der Waals surface area contributed by atoms with Crippen LogP contribution in [0.5, 0.6) is 0 Å². The lowest BCUT2D eigenvalue weighted by Gasteiger charge is -2.60. The zero-order chi connectivity index (χ0) is 52.3. The monoisotopic (exact) mass is 1060 g/mol. The molecule has 15 fully saturated rings. The molecular weight excluding hydrogens is 967 g/mol. The molecule has 1 N–H and O–H groups in total. The molecule has 17 heteroatoms. The molecule has 0 radical (unpaired) electrons. The van der Waals surface area contributed by atoms with Crippen LogP contribution >= 0.6 is 0 Å². The Bertz CT molecular complexity index is 1970. The average molecular weight is 1060 g/mol. The molecule has 12 heterocycles. The van der Waals surface area contributed by atoms with Crippen molar-refractivity contribution in [1.82, 2.24) is 5.32 Å². The third-order valence-corrected chi connectivity index (χ3v) is 22.4. The van der Waals surface area contributed by atoms with E-state index in [4.69, 9.17) is 72.0 Å². The molecule has 0 aromatic carbocycles. The van der Waals surface area contributed by atoms with Gasteiger partial charge in [-0.1, -0.05) is 41.5 Å². The summed E-state index contributed by atoms with van der Waals surface area (Å²) < 4.78 is 60.9. The van der Waals surface area contributed by atoms with Gasteiger partial charge in [0, 0.05) is 57.8 Å². The third kappa shape index (κ3) is 9.16. The predicted octanol–water partition coefficient (Wildman–Crippen LogP) is 8.88. The molecule has 3 saturated carbocycles. The summed E-state index contributed by atoms with van der Waals surface area (Å²) in [5, 5.41) is 3.28. The van der Waals surface area contributed by atoms with E-state index in [2.05, 4.69) is 46.9 Å². The van der Waals surface area contributed by atoms with E-state index in [1.807, 2.05) is 20.8 Å². The lowest BCUT2D eigenvalue weighted by atomic mass is 9.57. The van der Waals surface area contributed by atoms with Gasteiger partial charge in [-0.05, 0) is 157 Å². The fourth-order valence-corrected chi connectivity index (χ4v) is 18.3. The normalized spacial score (nSPS) is 53.3. The third-order valence-electron chi connectivity index (χ3n) is 22.4. The van der Waals surface area contributed by atoms with Crippen LogP contribution in [0.15, 0.2) is 0 Å². The molecule has 426 valence electrons. The van der Waals surface area contributed by atoms with Crippen LogP contribution in [0.25, 0.3) is 0 Å². The summed E-state index contributed by atoms with van der Waals surface area (Å²) in [6.07, 6.45) is 12.3. The molecule has 15 rings (SSSR count). The van der Waals surface area contributed by atoms with Gasteiger partial charge in [0.25, 0.3) is 0 Å². The molecule has 12 saturated heterocycles. The van der Waals surface area contributed by atoms with Crippen LogP contribution in [0.4, 0.5) is 0 Å². The van der Waals surface area contributed by atoms with Crippen LogP contribution in [-0.4, -0.2) is 129 Å². The lowest BCUT2D eigenvalue weighted by Crippen LogP contribution is -2.70. The van der Waals surface area contributed by atoms with Crippen molar-refractivity contribution in [1.29, 1.82) is 0 Å². The Morgan fingerprint density at radius 1 is 0.493 bits per heavy atom. The zero-order valence-corrected chi connectivity index (χ0v) is 47.0. The standard InChI is InChI=1S/C58H93NO16/c1-33-11-14-43-36(4)46(64-29-49-56(43)40(33)17-23-52(8,67-49)70-73-56)20-26-61-30-55(59-39(7)60,31-62-27-21-47-37(5)44-15-12-34(2)41-18-24-53(9)68-50(65-47)57(41,44)74-71-53)32-63-28-22-48-38(6)45-16-13-35(3)42-19-25-54(10)69-51(66-48)58(42,45)75-72-54/h33-38,40-51H,11-32H2,1-10H3,(H,59,60)/t33-,34-,35-,36-,37-,38-,40+,41+,42+,43+,44+,45+,46?,47?,48?,49+,50-,51-,52-,53-,54-,55?,56-,57-,58-/m1/s1. The minimum Gasteiger partial charge on any atom is -0.379 e. The first-order chi connectivity index (χ1) is 35.9. The number of rotatable bonds is 16. The second-order valence-electron chi connectivity index (χ2n) is 27.2. The maximum Gasteiger partial charge on any atom is 0.217 e. The van der Waals surface area contributed by atoms with Gasteiger partial charge in [0.15, 0.2) is 29.6 Å². The Morgan fingerprint density at radius 2 is 0.880 bits per heavy atom. The van der Waals surface area contributed by atoms with E-state index in [0.717, 1.165) is 77.0 Å². The fraction of sp³-hybridized carbons (Fsp3) is 0.983. The van der Waals surface area contributed by atoms with Crippen molar-refractivity contribution in [3.8, 4) is 0 Å². The second-order valence-corrected chi connectivity index (χ2v) is 27.2. The van der Waals surface area contributed by atoms with Gasteiger partial charge in [-0.2, -0.15) is 0 Å². The van der Waals surface area contributed by atoms with Crippen LogP contribution in [0, 0.1) is 71.0 Å². The average Bonchev–Trinajstić information content (AvgIpc) is 3.89. The van der Waals surface area contributed by atoms with Crippen LogP contribution in [0.1, 0.15) is 166 Å². The number of amides is 1.